The first kappa shape index (κ1) is 20.2. The Hall–Kier alpha value is -1.84. The summed E-state index contributed by atoms with van der Waals surface area (Å²) in [6, 6.07) is 0. The van der Waals surface area contributed by atoms with E-state index >= 15 is 0 Å². The maximum Gasteiger partial charge on any atom is 0.323 e. The van der Waals surface area contributed by atoms with E-state index < -0.39 is 17.4 Å². The zero-order valence-corrected chi connectivity index (χ0v) is 14.2. The summed E-state index contributed by atoms with van der Waals surface area (Å²) in [4.78, 5) is 24.9. The van der Waals surface area contributed by atoms with E-state index in [9.17, 15) is 9.59 Å². The largest absolute Gasteiger partial charge is 0.465 e. The lowest BCUT2D eigenvalue weighted by Gasteiger charge is -2.28. The Bertz CT molecular complexity index is 414. The van der Waals surface area contributed by atoms with E-state index in [1.807, 2.05) is 32.1 Å². The van der Waals surface area contributed by atoms with Gasteiger partial charge in [-0.25, -0.2) is 0 Å². The van der Waals surface area contributed by atoms with Crippen molar-refractivity contribution in [2.24, 2.45) is 5.41 Å². The van der Waals surface area contributed by atoms with Crippen LogP contribution in [0.15, 0.2) is 36.5 Å². The maximum absolute atomic E-state index is 12.5. The molecule has 4 nitrogen and oxygen atoms in total. The number of carbonyl (C=O) groups is 2. The van der Waals surface area contributed by atoms with E-state index in [2.05, 4.69) is 6.58 Å². The summed E-state index contributed by atoms with van der Waals surface area (Å²) in [6.07, 6.45) is 8.55. The van der Waals surface area contributed by atoms with Gasteiger partial charge in [-0.2, -0.15) is 0 Å². The normalized spacial score (nSPS) is 12.3. The van der Waals surface area contributed by atoms with Crippen LogP contribution in [0.2, 0.25) is 0 Å². The van der Waals surface area contributed by atoms with Gasteiger partial charge < -0.3 is 9.47 Å². The Morgan fingerprint density at radius 1 is 1.14 bits per heavy atom. The lowest BCUT2D eigenvalue weighted by Crippen LogP contribution is -2.42. The summed E-state index contributed by atoms with van der Waals surface area (Å²) in [5, 5.41) is 0. The summed E-state index contributed by atoms with van der Waals surface area (Å²) in [6.45, 7) is 11.4. The topological polar surface area (TPSA) is 52.6 Å². The van der Waals surface area contributed by atoms with Crippen LogP contribution < -0.4 is 0 Å². The standard InChI is InChI=1S/C18H28O4/c1-6-10-11-13-18(16(19)21-8-3,17(20)22-9-4)14-12-15(5)7-2/h6-7,10,12H,2,8-9,11,13-14H2,1,3-5H3/b10-6+,15-12+. The predicted molar refractivity (Wildman–Crippen MR) is 88.3 cm³/mol. The van der Waals surface area contributed by atoms with E-state index in [1.54, 1.807) is 19.9 Å². The van der Waals surface area contributed by atoms with Crippen LogP contribution >= 0.6 is 0 Å². The Balaban J connectivity index is 5.60. The molecule has 0 saturated heterocycles. The van der Waals surface area contributed by atoms with Crippen molar-refractivity contribution < 1.29 is 19.1 Å². The fraction of sp³-hybridized carbons (Fsp3) is 0.556. The molecule has 0 fully saturated rings. The van der Waals surface area contributed by atoms with Gasteiger partial charge in [0.15, 0.2) is 5.41 Å². The Morgan fingerprint density at radius 3 is 2.09 bits per heavy atom. The minimum Gasteiger partial charge on any atom is -0.465 e. The molecule has 0 rings (SSSR count). The average molecular weight is 308 g/mol. The van der Waals surface area contributed by atoms with E-state index in [0.717, 1.165) is 5.57 Å². The Kier molecular flexibility index (Phi) is 9.92. The third-order valence-corrected chi connectivity index (χ3v) is 3.40. The molecule has 0 aromatic rings. The van der Waals surface area contributed by atoms with Crippen molar-refractivity contribution in [3.05, 3.63) is 36.5 Å². The first-order chi connectivity index (χ1) is 10.5. The van der Waals surface area contributed by atoms with Crippen LogP contribution in [0.25, 0.3) is 0 Å². The highest BCUT2D eigenvalue weighted by Gasteiger charge is 2.47. The fourth-order valence-electron chi connectivity index (χ4n) is 2.01. The van der Waals surface area contributed by atoms with Crippen LogP contribution in [0.4, 0.5) is 0 Å². The number of carbonyl (C=O) groups excluding carboxylic acids is 2. The third kappa shape index (κ3) is 5.88. The zero-order chi connectivity index (χ0) is 17.0. The molecule has 22 heavy (non-hydrogen) atoms. The summed E-state index contributed by atoms with van der Waals surface area (Å²) < 4.78 is 10.3. The van der Waals surface area contributed by atoms with Gasteiger partial charge in [-0.15, -0.1) is 0 Å². The molecule has 124 valence electrons. The molecule has 0 radical (unpaired) electrons. The number of hydrogen-bond donors (Lipinski definition) is 0. The summed E-state index contributed by atoms with van der Waals surface area (Å²) in [7, 11) is 0. The quantitative estimate of drug-likeness (QED) is 0.265. The predicted octanol–water partition coefficient (Wildman–Crippen LogP) is 3.98. The molecule has 0 saturated carbocycles. The number of allylic oxidation sites excluding steroid dienone is 5. The molecule has 0 aliphatic rings. The second kappa shape index (κ2) is 10.8. The number of ether oxygens (including phenoxy) is 2. The zero-order valence-electron chi connectivity index (χ0n) is 14.2. The van der Waals surface area contributed by atoms with Gasteiger partial charge in [-0.05, 0) is 47.0 Å². The molecule has 0 bridgehead atoms. The van der Waals surface area contributed by atoms with Crippen LogP contribution in [0, 0.1) is 5.41 Å². The van der Waals surface area contributed by atoms with Gasteiger partial charge in [-0.3, -0.25) is 9.59 Å². The van der Waals surface area contributed by atoms with Crippen LogP contribution in [-0.4, -0.2) is 25.2 Å². The van der Waals surface area contributed by atoms with Crippen molar-refractivity contribution in [2.75, 3.05) is 13.2 Å². The first-order valence-corrected chi connectivity index (χ1v) is 7.73. The van der Waals surface area contributed by atoms with E-state index in [0.29, 0.717) is 12.8 Å². The van der Waals surface area contributed by atoms with Gasteiger partial charge in [0.05, 0.1) is 13.2 Å². The second-order valence-corrected chi connectivity index (χ2v) is 4.99. The first-order valence-electron chi connectivity index (χ1n) is 7.73. The van der Waals surface area contributed by atoms with Crippen LogP contribution in [0.3, 0.4) is 0 Å². The molecule has 0 aromatic heterocycles. The van der Waals surface area contributed by atoms with Gasteiger partial charge in [-0.1, -0.05) is 36.5 Å². The van der Waals surface area contributed by atoms with Gasteiger partial charge >= 0.3 is 11.9 Å². The Labute approximate surface area is 133 Å². The van der Waals surface area contributed by atoms with E-state index in [-0.39, 0.29) is 19.6 Å². The summed E-state index contributed by atoms with van der Waals surface area (Å²) >= 11 is 0. The lowest BCUT2D eigenvalue weighted by molar-refractivity contribution is -0.172. The van der Waals surface area contributed by atoms with Crippen molar-refractivity contribution in [3.63, 3.8) is 0 Å². The minimum absolute atomic E-state index is 0.230. The number of rotatable bonds is 10. The maximum atomic E-state index is 12.5. The van der Waals surface area contributed by atoms with Crippen molar-refractivity contribution in [1.82, 2.24) is 0 Å². The van der Waals surface area contributed by atoms with E-state index in [4.69, 9.17) is 9.47 Å². The highest BCUT2D eigenvalue weighted by molar-refractivity contribution is 6.00. The molecule has 0 atom stereocenters. The molecule has 0 unspecified atom stereocenters. The monoisotopic (exact) mass is 308 g/mol. The molecule has 0 spiro atoms. The molecule has 0 aromatic carbocycles. The van der Waals surface area contributed by atoms with Crippen molar-refractivity contribution >= 4 is 11.9 Å². The lowest BCUT2D eigenvalue weighted by atomic mass is 9.79. The molecular weight excluding hydrogens is 280 g/mol. The van der Waals surface area contributed by atoms with Gasteiger partial charge in [0.25, 0.3) is 0 Å². The number of esters is 2. The Morgan fingerprint density at radius 2 is 1.68 bits per heavy atom. The van der Waals surface area contributed by atoms with Crippen molar-refractivity contribution in [3.8, 4) is 0 Å². The molecule has 0 aliphatic heterocycles. The van der Waals surface area contributed by atoms with Crippen molar-refractivity contribution in [1.29, 1.82) is 0 Å². The second-order valence-electron chi connectivity index (χ2n) is 4.99. The van der Waals surface area contributed by atoms with Crippen LogP contribution in [0.5, 0.6) is 0 Å². The van der Waals surface area contributed by atoms with Gasteiger partial charge in [0.1, 0.15) is 0 Å². The highest BCUT2D eigenvalue weighted by atomic mass is 16.6. The van der Waals surface area contributed by atoms with Gasteiger partial charge in [0, 0.05) is 0 Å². The summed E-state index contributed by atoms with van der Waals surface area (Å²) in [5.41, 5.74) is -0.389. The molecule has 0 aliphatic carbocycles. The van der Waals surface area contributed by atoms with Crippen molar-refractivity contribution in [2.45, 2.75) is 47.0 Å². The molecule has 0 heterocycles. The number of hydrogen-bond acceptors (Lipinski definition) is 4. The minimum atomic E-state index is -1.30. The molecule has 0 N–H and O–H groups in total. The van der Waals surface area contributed by atoms with Crippen LogP contribution in [-0.2, 0) is 19.1 Å². The smallest absolute Gasteiger partial charge is 0.323 e. The molecule has 0 amide bonds. The SMILES string of the molecule is C=C/C(C)=C/CC(CC/C=C/C)(C(=O)OCC)C(=O)OCC. The molecular formula is C18H28O4. The van der Waals surface area contributed by atoms with E-state index in [1.165, 1.54) is 0 Å². The summed E-state index contributed by atoms with van der Waals surface area (Å²) in [5.74, 6) is -1.04. The molecule has 4 heteroatoms. The average Bonchev–Trinajstić information content (AvgIpc) is 2.50. The fourth-order valence-corrected chi connectivity index (χ4v) is 2.01. The van der Waals surface area contributed by atoms with Gasteiger partial charge in [0.2, 0.25) is 0 Å². The van der Waals surface area contributed by atoms with Crippen LogP contribution in [0.1, 0.15) is 47.0 Å². The highest BCUT2D eigenvalue weighted by Crippen LogP contribution is 2.33. The third-order valence-electron chi connectivity index (χ3n) is 3.40.